The lowest BCUT2D eigenvalue weighted by atomic mass is 10.1. The average molecular weight is 611 g/mol. The number of aryl methyl sites for hydroxylation is 5. The van der Waals surface area contributed by atoms with Gasteiger partial charge in [0.2, 0.25) is 0 Å². The van der Waals surface area contributed by atoms with Gasteiger partial charge in [-0.1, -0.05) is 12.1 Å². The molecule has 0 saturated heterocycles. The molecular formula is C36H34N8O2. The first-order valence-corrected chi connectivity index (χ1v) is 15.4. The number of hydrogen-bond donors (Lipinski definition) is 0. The van der Waals surface area contributed by atoms with E-state index >= 15 is 0 Å². The van der Waals surface area contributed by atoms with E-state index in [9.17, 15) is 0 Å². The number of fused-ring (bicyclic) bond motifs is 2. The minimum absolute atomic E-state index is 0.685. The summed E-state index contributed by atoms with van der Waals surface area (Å²) >= 11 is 0. The molecule has 0 fully saturated rings. The molecule has 0 unspecified atom stereocenters. The van der Waals surface area contributed by atoms with Crippen LogP contribution in [0.3, 0.4) is 0 Å². The van der Waals surface area contributed by atoms with Crippen LogP contribution in [-0.2, 0) is 6.42 Å². The van der Waals surface area contributed by atoms with E-state index in [4.69, 9.17) is 8.83 Å². The number of furan rings is 2. The summed E-state index contributed by atoms with van der Waals surface area (Å²) in [4.78, 5) is 18.3. The molecule has 6 aromatic rings. The van der Waals surface area contributed by atoms with Crippen molar-refractivity contribution in [2.45, 2.75) is 53.4 Å². The SMILES string of the molecule is Cc1ccc(C2=CCC(/C=C/c3nc4cccc(C)n4n3)=N2)o1.Cc1ccc(C2=CCC(CCc3nc4cccc(C)n4n3)=N2)o1. The van der Waals surface area contributed by atoms with E-state index in [0.29, 0.717) is 5.82 Å². The predicted octanol–water partition coefficient (Wildman–Crippen LogP) is 7.60. The minimum atomic E-state index is 0.685. The molecule has 0 N–H and O–H groups in total. The van der Waals surface area contributed by atoms with Gasteiger partial charge in [0.25, 0.3) is 0 Å². The van der Waals surface area contributed by atoms with Crippen LogP contribution in [-0.4, -0.2) is 40.6 Å². The molecule has 46 heavy (non-hydrogen) atoms. The van der Waals surface area contributed by atoms with E-state index < -0.39 is 0 Å². The Morgan fingerprint density at radius 1 is 0.652 bits per heavy atom. The maximum absolute atomic E-state index is 5.63. The van der Waals surface area contributed by atoms with Crippen LogP contribution in [0.5, 0.6) is 0 Å². The van der Waals surface area contributed by atoms with Gasteiger partial charge in [-0.15, -0.1) is 5.10 Å². The Hall–Kier alpha value is -5.64. The highest BCUT2D eigenvalue weighted by atomic mass is 16.3. The molecule has 230 valence electrons. The Morgan fingerprint density at radius 2 is 1.28 bits per heavy atom. The molecule has 8 rings (SSSR count). The van der Waals surface area contributed by atoms with E-state index in [1.54, 1.807) is 0 Å². The summed E-state index contributed by atoms with van der Waals surface area (Å²) in [5, 5.41) is 9.05. The Bertz CT molecular complexity index is 2220. The van der Waals surface area contributed by atoms with Crippen LogP contribution in [0.25, 0.3) is 28.8 Å². The van der Waals surface area contributed by atoms with Crippen molar-refractivity contribution in [3.63, 3.8) is 0 Å². The molecule has 0 bridgehead atoms. The Balaban J connectivity index is 0.000000147. The van der Waals surface area contributed by atoms with Crippen LogP contribution >= 0.6 is 0 Å². The molecule has 2 aliphatic rings. The molecule has 8 heterocycles. The molecule has 10 nitrogen and oxygen atoms in total. The predicted molar refractivity (Wildman–Crippen MR) is 180 cm³/mol. The first-order chi connectivity index (χ1) is 22.4. The fraction of sp³-hybridized carbons (Fsp3) is 0.222. The summed E-state index contributed by atoms with van der Waals surface area (Å²) in [6, 6.07) is 19.8. The summed E-state index contributed by atoms with van der Waals surface area (Å²) in [5.74, 6) is 5.01. The van der Waals surface area contributed by atoms with Crippen LogP contribution in [0.4, 0.5) is 0 Å². The molecule has 2 aliphatic heterocycles. The largest absolute Gasteiger partial charge is 0.460 e. The maximum Gasteiger partial charge on any atom is 0.175 e. The third-order valence-electron chi connectivity index (χ3n) is 7.78. The van der Waals surface area contributed by atoms with Crippen molar-refractivity contribution in [3.8, 4) is 0 Å². The van der Waals surface area contributed by atoms with Gasteiger partial charge >= 0.3 is 0 Å². The van der Waals surface area contributed by atoms with Crippen LogP contribution in [0.2, 0.25) is 0 Å². The summed E-state index contributed by atoms with van der Waals surface area (Å²) in [6.07, 6.45) is 11.4. The first kappa shape index (κ1) is 29.1. The van der Waals surface area contributed by atoms with Gasteiger partial charge in [-0.3, -0.25) is 4.99 Å². The number of pyridine rings is 2. The third kappa shape index (κ3) is 6.28. The number of hydrogen-bond acceptors (Lipinski definition) is 8. The number of rotatable bonds is 7. The highest BCUT2D eigenvalue weighted by Gasteiger charge is 2.15. The highest BCUT2D eigenvalue weighted by Crippen LogP contribution is 2.26. The number of allylic oxidation sites excluding steroid dienone is 3. The van der Waals surface area contributed by atoms with Crippen molar-refractivity contribution < 1.29 is 8.83 Å². The molecule has 0 aliphatic carbocycles. The Labute approximate surface area is 266 Å². The number of nitrogens with zero attached hydrogens (tertiary/aromatic N) is 8. The van der Waals surface area contributed by atoms with Crippen molar-refractivity contribution in [1.29, 1.82) is 0 Å². The lowest BCUT2D eigenvalue weighted by molar-refractivity contribution is 0.520. The van der Waals surface area contributed by atoms with E-state index in [1.165, 1.54) is 0 Å². The molecule has 10 heteroatoms. The topological polar surface area (TPSA) is 111 Å². The van der Waals surface area contributed by atoms with Gasteiger partial charge in [0.15, 0.2) is 34.5 Å². The van der Waals surface area contributed by atoms with Crippen molar-refractivity contribution >= 4 is 40.2 Å². The molecule has 6 aromatic heterocycles. The summed E-state index contributed by atoms with van der Waals surface area (Å²) in [6.45, 7) is 7.92. The monoisotopic (exact) mass is 610 g/mol. The minimum Gasteiger partial charge on any atom is -0.460 e. The fourth-order valence-corrected chi connectivity index (χ4v) is 5.38. The van der Waals surface area contributed by atoms with E-state index in [2.05, 4.69) is 42.3 Å². The van der Waals surface area contributed by atoms with Crippen LogP contribution in [0.15, 0.2) is 97.7 Å². The Morgan fingerprint density at radius 3 is 1.91 bits per heavy atom. The third-order valence-corrected chi connectivity index (χ3v) is 7.78. The van der Waals surface area contributed by atoms with Crippen LogP contribution in [0, 0.1) is 27.7 Å². The van der Waals surface area contributed by atoms with Gasteiger partial charge in [-0.05, 0) is 107 Å². The van der Waals surface area contributed by atoms with E-state index in [1.807, 2.05) is 110 Å². The highest BCUT2D eigenvalue weighted by molar-refractivity contribution is 6.05. The van der Waals surface area contributed by atoms with E-state index in [0.717, 1.165) is 100 Å². The smallest absolute Gasteiger partial charge is 0.175 e. The first-order valence-electron chi connectivity index (χ1n) is 15.4. The Kier molecular flexibility index (Phi) is 7.84. The standard InChI is InChI=1S/C18H18N4O.C18H16N4O/c2*1-12-4-3-5-18-20-17(21-22(12)18)11-8-14-7-9-15(19-14)16-10-6-13(2)23-16/h3-6,9-10H,7-8,11H2,1-2H3;3-6,8-11H,7H2,1-2H3/b;11-8+. The van der Waals surface area contributed by atoms with Gasteiger partial charge in [-0.2, -0.15) is 5.10 Å². The second-order valence-corrected chi connectivity index (χ2v) is 11.4. The quantitative estimate of drug-likeness (QED) is 0.184. The van der Waals surface area contributed by atoms with Gasteiger partial charge in [0.1, 0.15) is 22.9 Å². The van der Waals surface area contributed by atoms with Gasteiger partial charge < -0.3 is 8.83 Å². The maximum atomic E-state index is 5.63. The second-order valence-electron chi connectivity index (χ2n) is 11.4. The normalized spacial score (nSPS) is 14.5. The summed E-state index contributed by atoms with van der Waals surface area (Å²) < 4.78 is 15.0. The number of aliphatic imine (C=N–C) groups is 2. The molecule has 0 amide bonds. The molecule has 0 atom stereocenters. The molecule has 0 radical (unpaired) electrons. The van der Waals surface area contributed by atoms with Gasteiger partial charge in [0, 0.05) is 42.1 Å². The van der Waals surface area contributed by atoms with Crippen molar-refractivity contribution in [3.05, 3.63) is 125 Å². The lowest BCUT2D eigenvalue weighted by Crippen LogP contribution is -1.99. The number of aromatic nitrogens is 6. The fourth-order valence-electron chi connectivity index (χ4n) is 5.38. The molecular weight excluding hydrogens is 576 g/mol. The van der Waals surface area contributed by atoms with Gasteiger partial charge in [0.05, 0.1) is 0 Å². The zero-order valence-corrected chi connectivity index (χ0v) is 26.3. The zero-order valence-electron chi connectivity index (χ0n) is 26.3. The van der Waals surface area contributed by atoms with Crippen molar-refractivity contribution in [2.75, 3.05) is 0 Å². The van der Waals surface area contributed by atoms with Gasteiger partial charge in [-0.25, -0.2) is 24.0 Å². The molecule has 0 aromatic carbocycles. The molecule has 0 spiro atoms. The van der Waals surface area contributed by atoms with Crippen molar-refractivity contribution in [2.24, 2.45) is 9.98 Å². The second kappa shape index (κ2) is 12.4. The summed E-state index contributed by atoms with van der Waals surface area (Å²) in [7, 11) is 0. The lowest BCUT2D eigenvalue weighted by Gasteiger charge is -1.97. The van der Waals surface area contributed by atoms with Crippen LogP contribution < -0.4 is 0 Å². The van der Waals surface area contributed by atoms with E-state index in [-0.39, 0.29) is 0 Å². The molecule has 0 saturated carbocycles. The summed E-state index contributed by atoms with van der Waals surface area (Å²) in [5.41, 5.74) is 7.86. The average Bonchev–Trinajstić information content (AvgIpc) is 3.88. The zero-order chi connectivity index (χ0) is 31.6. The van der Waals surface area contributed by atoms with Crippen LogP contribution in [0.1, 0.15) is 65.3 Å². The van der Waals surface area contributed by atoms with Crippen molar-refractivity contribution in [1.82, 2.24) is 29.2 Å².